The van der Waals surface area contributed by atoms with Crippen molar-refractivity contribution in [3.05, 3.63) is 71.8 Å². The van der Waals surface area contributed by atoms with E-state index in [0.29, 0.717) is 4.90 Å². The molecule has 4 nitrogen and oxygen atoms in total. The first-order valence-electron chi connectivity index (χ1n) is 8.04. The van der Waals surface area contributed by atoms with Crippen LogP contribution < -0.4 is 9.62 Å². The Labute approximate surface area is 143 Å². The van der Waals surface area contributed by atoms with E-state index in [1.165, 1.54) is 4.31 Å². The standard InChI is InChI=1S/C19H22N2O2S/c1-4-20-19-15(3)13-21(18-8-6-5-7-17(18)19)24(22,23)16-11-9-14(2)10-12-16/h5-12,19-20H,3-4,13H2,1-2H3. The Balaban J connectivity index is 2.09. The number of anilines is 1. The zero-order valence-electron chi connectivity index (χ0n) is 14.0. The largest absolute Gasteiger partial charge is 0.307 e. The van der Waals surface area contributed by atoms with Crippen molar-refractivity contribution in [2.75, 3.05) is 17.4 Å². The summed E-state index contributed by atoms with van der Waals surface area (Å²) in [6, 6.07) is 14.6. The molecule has 0 saturated carbocycles. The minimum atomic E-state index is -3.62. The third-order valence-electron chi connectivity index (χ3n) is 4.29. The van der Waals surface area contributed by atoms with Crippen LogP contribution in [0, 0.1) is 6.92 Å². The van der Waals surface area contributed by atoms with Crippen LogP contribution in [0.25, 0.3) is 0 Å². The van der Waals surface area contributed by atoms with Crippen LogP contribution in [0.3, 0.4) is 0 Å². The number of sulfonamides is 1. The third-order valence-corrected chi connectivity index (χ3v) is 6.06. The number of hydrogen-bond donors (Lipinski definition) is 1. The molecule has 2 aromatic rings. The van der Waals surface area contributed by atoms with Gasteiger partial charge in [-0.1, -0.05) is 49.4 Å². The van der Waals surface area contributed by atoms with E-state index in [4.69, 9.17) is 0 Å². The van der Waals surface area contributed by atoms with Gasteiger partial charge in [0.2, 0.25) is 0 Å². The number of nitrogens with zero attached hydrogens (tertiary/aromatic N) is 1. The van der Waals surface area contributed by atoms with Crippen molar-refractivity contribution in [2.45, 2.75) is 24.8 Å². The van der Waals surface area contributed by atoms with E-state index in [-0.39, 0.29) is 12.6 Å². The first-order valence-corrected chi connectivity index (χ1v) is 9.48. The number of aryl methyl sites for hydroxylation is 1. The second kappa shape index (κ2) is 6.42. The van der Waals surface area contributed by atoms with E-state index >= 15 is 0 Å². The topological polar surface area (TPSA) is 49.4 Å². The van der Waals surface area contributed by atoms with Crippen molar-refractivity contribution in [3.63, 3.8) is 0 Å². The summed E-state index contributed by atoms with van der Waals surface area (Å²) in [6.45, 7) is 9.17. The molecule has 0 saturated heterocycles. The lowest BCUT2D eigenvalue weighted by atomic mass is 9.94. The number of fused-ring (bicyclic) bond motifs is 1. The van der Waals surface area contributed by atoms with E-state index < -0.39 is 10.0 Å². The molecular formula is C19H22N2O2S. The fourth-order valence-corrected chi connectivity index (χ4v) is 4.55. The van der Waals surface area contributed by atoms with Crippen LogP contribution >= 0.6 is 0 Å². The summed E-state index contributed by atoms with van der Waals surface area (Å²) in [5, 5.41) is 3.39. The first-order chi connectivity index (χ1) is 11.4. The molecule has 0 spiro atoms. The fraction of sp³-hybridized carbons (Fsp3) is 0.263. The monoisotopic (exact) mass is 342 g/mol. The number of hydrogen-bond acceptors (Lipinski definition) is 3. The quantitative estimate of drug-likeness (QED) is 0.866. The van der Waals surface area contributed by atoms with Gasteiger partial charge in [-0.2, -0.15) is 0 Å². The lowest BCUT2D eigenvalue weighted by Crippen LogP contribution is -2.41. The number of benzene rings is 2. The minimum absolute atomic E-state index is 0.0179. The molecular weight excluding hydrogens is 320 g/mol. The van der Waals surface area contributed by atoms with E-state index in [1.54, 1.807) is 12.1 Å². The lowest BCUT2D eigenvalue weighted by molar-refractivity contribution is 0.575. The molecule has 1 aliphatic heterocycles. The highest BCUT2D eigenvalue weighted by Crippen LogP contribution is 2.38. The van der Waals surface area contributed by atoms with Gasteiger partial charge in [0.15, 0.2) is 0 Å². The van der Waals surface area contributed by atoms with Gasteiger partial charge in [-0.25, -0.2) is 8.42 Å². The Bertz CT molecular complexity index is 857. The lowest BCUT2D eigenvalue weighted by Gasteiger charge is -2.36. The summed E-state index contributed by atoms with van der Waals surface area (Å²) in [5.41, 5.74) is 3.55. The van der Waals surface area contributed by atoms with Crippen LogP contribution in [0.5, 0.6) is 0 Å². The van der Waals surface area contributed by atoms with Crippen molar-refractivity contribution in [1.82, 2.24) is 5.32 Å². The van der Waals surface area contributed by atoms with Gasteiger partial charge in [-0.3, -0.25) is 4.31 Å². The molecule has 0 aromatic heterocycles. The molecule has 0 bridgehead atoms. The smallest absolute Gasteiger partial charge is 0.264 e. The van der Waals surface area contributed by atoms with Crippen LogP contribution in [0.4, 0.5) is 5.69 Å². The van der Waals surface area contributed by atoms with Gasteiger partial charge in [-0.15, -0.1) is 0 Å². The van der Waals surface area contributed by atoms with E-state index in [9.17, 15) is 8.42 Å². The average molecular weight is 342 g/mol. The van der Waals surface area contributed by atoms with Crippen molar-refractivity contribution in [1.29, 1.82) is 0 Å². The van der Waals surface area contributed by atoms with Gasteiger partial charge >= 0.3 is 0 Å². The van der Waals surface area contributed by atoms with E-state index in [2.05, 4.69) is 11.9 Å². The zero-order valence-corrected chi connectivity index (χ0v) is 14.8. The maximum atomic E-state index is 13.1. The fourth-order valence-electron chi connectivity index (χ4n) is 3.05. The number of nitrogens with one attached hydrogen (secondary N) is 1. The Morgan fingerprint density at radius 1 is 1.17 bits per heavy atom. The van der Waals surface area contributed by atoms with Crippen molar-refractivity contribution < 1.29 is 8.42 Å². The van der Waals surface area contributed by atoms with Crippen LogP contribution in [0.15, 0.2) is 65.6 Å². The Morgan fingerprint density at radius 3 is 2.50 bits per heavy atom. The highest BCUT2D eigenvalue weighted by molar-refractivity contribution is 7.92. The molecule has 1 heterocycles. The number of para-hydroxylation sites is 1. The maximum absolute atomic E-state index is 13.1. The Kier molecular flexibility index (Phi) is 4.47. The van der Waals surface area contributed by atoms with Gasteiger partial charge in [-0.05, 0) is 42.8 Å². The van der Waals surface area contributed by atoms with Gasteiger partial charge in [0.1, 0.15) is 0 Å². The Morgan fingerprint density at radius 2 is 1.83 bits per heavy atom. The highest BCUT2D eigenvalue weighted by atomic mass is 32.2. The molecule has 3 rings (SSSR count). The molecule has 24 heavy (non-hydrogen) atoms. The predicted octanol–water partition coefficient (Wildman–Crippen LogP) is 3.41. The predicted molar refractivity (Wildman–Crippen MR) is 97.7 cm³/mol. The summed E-state index contributed by atoms with van der Waals surface area (Å²) < 4.78 is 27.7. The summed E-state index contributed by atoms with van der Waals surface area (Å²) in [4.78, 5) is 0.303. The molecule has 5 heteroatoms. The minimum Gasteiger partial charge on any atom is -0.307 e. The molecule has 1 aliphatic rings. The molecule has 126 valence electrons. The molecule has 0 amide bonds. The van der Waals surface area contributed by atoms with E-state index in [1.807, 2.05) is 50.2 Å². The SMILES string of the molecule is C=C1CN(S(=O)(=O)c2ccc(C)cc2)c2ccccc2C1NCC. The van der Waals surface area contributed by atoms with Gasteiger partial charge in [0.25, 0.3) is 10.0 Å². The second-order valence-electron chi connectivity index (χ2n) is 6.03. The van der Waals surface area contributed by atoms with Crippen molar-refractivity contribution in [3.8, 4) is 0 Å². The summed E-state index contributed by atoms with van der Waals surface area (Å²) in [5.74, 6) is 0. The second-order valence-corrected chi connectivity index (χ2v) is 7.89. The molecule has 1 atom stereocenters. The van der Waals surface area contributed by atoms with Crippen LogP contribution in [0.2, 0.25) is 0 Å². The van der Waals surface area contributed by atoms with Crippen LogP contribution in [-0.4, -0.2) is 21.5 Å². The Hall–Kier alpha value is -2.11. The highest BCUT2D eigenvalue weighted by Gasteiger charge is 2.34. The summed E-state index contributed by atoms with van der Waals surface area (Å²) in [6.07, 6.45) is 0. The summed E-state index contributed by atoms with van der Waals surface area (Å²) >= 11 is 0. The molecule has 0 radical (unpaired) electrons. The van der Waals surface area contributed by atoms with Crippen LogP contribution in [-0.2, 0) is 10.0 Å². The normalized spacial score (nSPS) is 17.7. The van der Waals surface area contributed by atoms with E-state index in [0.717, 1.165) is 28.9 Å². The van der Waals surface area contributed by atoms with Gasteiger partial charge in [0, 0.05) is 0 Å². The maximum Gasteiger partial charge on any atom is 0.264 e. The average Bonchev–Trinajstić information content (AvgIpc) is 2.57. The van der Waals surface area contributed by atoms with Gasteiger partial charge < -0.3 is 5.32 Å². The third kappa shape index (κ3) is 2.85. The molecule has 0 fully saturated rings. The summed E-state index contributed by atoms with van der Waals surface area (Å²) in [7, 11) is -3.62. The molecule has 0 aliphatic carbocycles. The number of likely N-dealkylation sites (N-methyl/N-ethyl adjacent to an activating group) is 1. The molecule has 1 unspecified atom stereocenters. The van der Waals surface area contributed by atoms with Crippen LogP contribution in [0.1, 0.15) is 24.1 Å². The van der Waals surface area contributed by atoms with Crippen molar-refractivity contribution in [2.24, 2.45) is 0 Å². The number of rotatable bonds is 4. The zero-order chi connectivity index (χ0) is 17.3. The van der Waals surface area contributed by atoms with Gasteiger partial charge in [0.05, 0.1) is 23.2 Å². The molecule has 2 aromatic carbocycles. The first kappa shape index (κ1) is 16.7. The molecule has 1 N–H and O–H groups in total. The van der Waals surface area contributed by atoms with Crippen molar-refractivity contribution >= 4 is 15.7 Å².